The summed E-state index contributed by atoms with van der Waals surface area (Å²) in [5.41, 5.74) is 0. The van der Waals surface area contributed by atoms with Crippen molar-refractivity contribution in [1.82, 2.24) is 10.3 Å². The van der Waals surface area contributed by atoms with Crippen molar-refractivity contribution in [1.29, 1.82) is 0 Å². The van der Waals surface area contributed by atoms with Crippen molar-refractivity contribution in [3.05, 3.63) is 9.98 Å². The molecule has 3 nitrogen and oxygen atoms in total. The van der Waals surface area contributed by atoms with E-state index in [-0.39, 0.29) is 0 Å². The maximum Gasteiger partial charge on any atom is 0.274 e. The van der Waals surface area contributed by atoms with Gasteiger partial charge in [-0.2, -0.15) is 4.98 Å². The van der Waals surface area contributed by atoms with Gasteiger partial charge in [-0.1, -0.05) is 11.3 Å². The normalized spacial score (nSPS) is 22.2. The highest BCUT2D eigenvalue weighted by atomic mass is 79.9. The van der Waals surface area contributed by atoms with Crippen LogP contribution in [0.4, 0.5) is 0 Å². The summed E-state index contributed by atoms with van der Waals surface area (Å²) in [4.78, 5) is 4.19. The van der Waals surface area contributed by atoms with Crippen molar-refractivity contribution in [3.63, 3.8) is 0 Å². The molecule has 1 aromatic heterocycles. The summed E-state index contributed by atoms with van der Waals surface area (Å²) in [6.07, 6.45) is 2.52. The lowest BCUT2D eigenvalue weighted by Crippen LogP contribution is -2.33. The molecule has 1 aliphatic heterocycles. The molecule has 0 aromatic carbocycles. The van der Waals surface area contributed by atoms with Crippen LogP contribution in [0.25, 0.3) is 0 Å². The highest BCUT2D eigenvalue weighted by Crippen LogP contribution is 2.22. The molecule has 2 heterocycles. The van der Waals surface area contributed by atoms with Crippen molar-refractivity contribution >= 4 is 27.3 Å². The third-order valence-corrected chi connectivity index (χ3v) is 3.76. The average Bonchev–Trinajstić information content (AvgIpc) is 2.63. The summed E-state index contributed by atoms with van der Waals surface area (Å²) in [6.45, 7) is 3.01. The Balaban J connectivity index is 1.76. The molecule has 0 spiro atoms. The van der Waals surface area contributed by atoms with Gasteiger partial charge >= 0.3 is 0 Å². The monoisotopic (exact) mass is 276 g/mol. The predicted octanol–water partition coefficient (Wildman–Crippen LogP) is 2.28. The van der Waals surface area contributed by atoms with Gasteiger partial charge in [-0.05, 0) is 35.3 Å². The van der Waals surface area contributed by atoms with Gasteiger partial charge in [-0.15, -0.1) is 0 Å². The standard InChI is InChI=1S/C9H13BrN2OS/c10-8-6-14-9(12-8)13-5-7-2-1-3-11-4-7/h6-7,11H,1-5H2. The zero-order valence-electron chi connectivity index (χ0n) is 7.83. The van der Waals surface area contributed by atoms with Crippen molar-refractivity contribution in [3.8, 4) is 5.19 Å². The minimum absolute atomic E-state index is 0.645. The van der Waals surface area contributed by atoms with E-state index in [1.165, 1.54) is 24.2 Å². The summed E-state index contributed by atoms with van der Waals surface area (Å²) in [5.74, 6) is 0.645. The molecule has 0 saturated carbocycles. The van der Waals surface area contributed by atoms with E-state index in [0.717, 1.165) is 29.5 Å². The van der Waals surface area contributed by atoms with Gasteiger partial charge in [-0.3, -0.25) is 0 Å². The second kappa shape index (κ2) is 5.09. The lowest BCUT2D eigenvalue weighted by molar-refractivity contribution is 0.217. The zero-order chi connectivity index (χ0) is 9.80. The molecule has 1 aliphatic rings. The van der Waals surface area contributed by atoms with Crippen LogP contribution in [-0.2, 0) is 0 Å². The SMILES string of the molecule is Brc1csc(OCC2CCCNC2)n1. The largest absolute Gasteiger partial charge is 0.470 e. The minimum atomic E-state index is 0.645. The first-order valence-electron chi connectivity index (χ1n) is 4.79. The summed E-state index contributed by atoms with van der Waals surface area (Å²) < 4.78 is 6.46. The molecule has 2 rings (SSSR count). The first-order chi connectivity index (χ1) is 6.84. The number of nitrogens with zero attached hydrogens (tertiary/aromatic N) is 1. The van der Waals surface area contributed by atoms with Gasteiger partial charge in [-0.25, -0.2) is 0 Å². The molecule has 5 heteroatoms. The van der Waals surface area contributed by atoms with Gasteiger partial charge < -0.3 is 10.1 Å². The average molecular weight is 277 g/mol. The fourth-order valence-electron chi connectivity index (χ4n) is 1.56. The number of aromatic nitrogens is 1. The predicted molar refractivity (Wildman–Crippen MR) is 60.9 cm³/mol. The van der Waals surface area contributed by atoms with Gasteiger partial charge in [0.1, 0.15) is 4.60 Å². The minimum Gasteiger partial charge on any atom is -0.470 e. The molecule has 14 heavy (non-hydrogen) atoms. The molecule has 0 aliphatic carbocycles. The highest BCUT2D eigenvalue weighted by molar-refractivity contribution is 9.10. The number of hydrogen-bond acceptors (Lipinski definition) is 4. The molecular weight excluding hydrogens is 264 g/mol. The molecule has 1 saturated heterocycles. The number of hydrogen-bond donors (Lipinski definition) is 1. The van der Waals surface area contributed by atoms with Crippen LogP contribution in [0.3, 0.4) is 0 Å². The molecule has 0 bridgehead atoms. The molecule has 1 fully saturated rings. The Morgan fingerprint density at radius 2 is 2.64 bits per heavy atom. The first kappa shape index (κ1) is 10.4. The summed E-state index contributed by atoms with van der Waals surface area (Å²) >= 11 is 4.84. The fraction of sp³-hybridized carbons (Fsp3) is 0.667. The lowest BCUT2D eigenvalue weighted by atomic mass is 10.0. The Labute approximate surface area is 96.0 Å². The van der Waals surface area contributed by atoms with Crippen molar-refractivity contribution in [2.45, 2.75) is 12.8 Å². The third kappa shape index (κ3) is 2.93. The summed E-state index contributed by atoms with van der Waals surface area (Å²) in [7, 11) is 0. The van der Waals surface area contributed by atoms with Crippen molar-refractivity contribution < 1.29 is 4.74 Å². The Hall–Kier alpha value is -0.130. The number of halogens is 1. The van der Waals surface area contributed by atoms with Crippen LogP contribution >= 0.6 is 27.3 Å². The number of rotatable bonds is 3. The van der Waals surface area contributed by atoms with E-state index in [1.54, 1.807) is 0 Å². The van der Waals surface area contributed by atoms with Crippen LogP contribution in [-0.4, -0.2) is 24.7 Å². The van der Waals surface area contributed by atoms with E-state index >= 15 is 0 Å². The van der Waals surface area contributed by atoms with E-state index in [0.29, 0.717) is 5.92 Å². The Morgan fingerprint density at radius 3 is 3.29 bits per heavy atom. The Kier molecular flexibility index (Phi) is 3.78. The molecule has 0 amide bonds. The number of nitrogens with one attached hydrogen (secondary N) is 1. The maximum atomic E-state index is 5.60. The number of thiazole rings is 1. The molecule has 1 atom stereocenters. The van der Waals surface area contributed by atoms with Crippen LogP contribution < -0.4 is 10.1 Å². The van der Waals surface area contributed by atoms with Crippen LogP contribution in [0.1, 0.15) is 12.8 Å². The fourth-order valence-corrected chi connectivity index (χ4v) is 2.66. The lowest BCUT2D eigenvalue weighted by Gasteiger charge is -2.21. The second-order valence-electron chi connectivity index (χ2n) is 3.46. The first-order valence-corrected chi connectivity index (χ1v) is 6.46. The number of ether oxygens (including phenoxy) is 1. The maximum absolute atomic E-state index is 5.60. The van der Waals surface area contributed by atoms with E-state index in [2.05, 4.69) is 26.2 Å². The van der Waals surface area contributed by atoms with Crippen LogP contribution in [0.5, 0.6) is 5.19 Å². The van der Waals surface area contributed by atoms with Crippen LogP contribution in [0.2, 0.25) is 0 Å². The van der Waals surface area contributed by atoms with E-state index in [1.807, 2.05) is 5.38 Å². The molecule has 0 radical (unpaired) electrons. The Morgan fingerprint density at radius 1 is 1.71 bits per heavy atom. The second-order valence-corrected chi connectivity index (χ2v) is 5.09. The zero-order valence-corrected chi connectivity index (χ0v) is 10.2. The van der Waals surface area contributed by atoms with Crippen molar-refractivity contribution in [2.24, 2.45) is 5.92 Å². The van der Waals surface area contributed by atoms with E-state index < -0.39 is 0 Å². The number of piperidine rings is 1. The Bertz CT molecular complexity index is 286. The molecule has 1 aromatic rings. The van der Waals surface area contributed by atoms with Crippen LogP contribution in [0, 0.1) is 5.92 Å². The van der Waals surface area contributed by atoms with Gasteiger partial charge in [0.2, 0.25) is 0 Å². The smallest absolute Gasteiger partial charge is 0.274 e. The van der Waals surface area contributed by atoms with E-state index in [9.17, 15) is 0 Å². The summed E-state index contributed by atoms with van der Waals surface area (Å²) in [6, 6.07) is 0. The summed E-state index contributed by atoms with van der Waals surface area (Å²) in [5, 5.41) is 6.08. The van der Waals surface area contributed by atoms with Gasteiger partial charge in [0.25, 0.3) is 5.19 Å². The molecular formula is C9H13BrN2OS. The van der Waals surface area contributed by atoms with Crippen molar-refractivity contribution in [2.75, 3.05) is 19.7 Å². The van der Waals surface area contributed by atoms with E-state index in [4.69, 9.17) is 4.74 Å². The van der Waals surface area contributed by atoms with Gasteiger partial charge in [0.05, 0.1) is 6.61 Å². The molecule has 78 valence electrons. The highest BCUT2D eigenvalue weighted by Gasteiger charge is 2.14. The van der Waals surface area contributed by atoms with Gasteiger partial charge in [0, 0.05) is 17.8 Å². The quantitative estimate of drug-likeness (QED) is 0.920. The van der Waals surface area contributed by atoms with Crippen LogP contribution in [0.15, 0.2) is 9.98 Å². The third-order valence-electron chi connectivity index (χ3n) is 2.30. The van der Waals surface area contributed by atoms with Gasteiger partial charge in [0.15, 0.2) is 0 Å². The topological polar surface area (TPSA) is 34.1 Å². The molecule has 1 N–H and O–H groups in total. The molecule has 1 unspecified atom stereocenters.